The molecule has 3 rings (SSSR count). The minimum Gasteiger partial charge on any atom is -0.475 e. The first-order valence-electron chi connectivity index (χ1n) is 8.02. The standard InChI is InChI=1S/C12H17F3N2O3.C2HF3O2/c13-12(14,15)20-6-1-5(2-6)17-11(18)7-3-10-8(16)4-9(7)19-10;3-2(4,5)1(6)7/h5-10H,1-4,16H2,(H,17,18);(H,6,7)/t5?,6?,7-,8-,9+,10+;/m1./s1. The predicted octanol–water partition coefficient (Wildman–Crippen LogP) is 1.31. The highest BCUT2D eigenvalue weighted by molar-refractivity contribution is 5.80. The van der Waals surface area contributed by atoms with Gasteiger partial charge < -0.3 is 20.9 Å². The lowest BCUT2D eigenvalue weighted by Gasteiger charge is -2.36. The number of nitrogens with one attached hydrogen (secondary N) is 1. The number of rotatable bonds is 3. The minimum absolute atomic E-state index is 0.00248. The van der Waals surface area contributed by atoms with Crippen LogP contribution in [0.25, 0.3) is 0 Å². The molecule has 0 aromatic carbocycles. The van der Waals surface area contributed by atoms with Crippen LogP contribution in [0, 0.1) is 5.92 Å². The molecule has 0 aromatic heterocycles. The van der Waals surface area contributed by atoms with Crippen LogP contribution in [-0.4, -0.2) is 59.9 Å². The number of hydrogen-bond donors (Lipinski definition) is 3. The second-order valence-corrected chi connectivity index (χ2v) is 6.62. The number of alkyl halides is 6. The van der Waals surface area contributed by atoms with E-state index in [4.69, 9.17) is 20.4 Å². The Morgan fingerprint density at radius 1 is 1.04 bits per heavy atom. The van der Waals surface area contributed by atoms with Crippen molar-refractivity contribution in [3.05, 3.63) is 0 Å². The molecule has 2 bridgehead atoms. The first-order chi connectivity index (χ1) is 12.3. The number of carboxylic acids is 1. The summed E-state index contributed by atoms with van der Waals surface area (Å²) in [6.45, 7) is 0. The Kier molecular flexibility index (Phi) is 6.26. The molecular formula is C14H18F6N2O5. The van der Waals surface area contributed by atoms with Gasteiger partial charge >= 0.3 is 18.5 Å². The van der Waals surface area contributed by atoms with E-state index in [0.717, 1.165) is 0 Å². The molecular weight excluding hydrogens is 390 g/mol. The van der Waals surface area contributed by atoms with E-state index >= 15 is 0 Å². The fraction of sp³-hybridized carbons (Fsp3) is 0.857. The number of aliphatic carboxylic acids is 1. The maximum Gasteiger partial charge on any atom is 0.522 e. The number of fused-ring (bicyclic) bond motifs is 2. The van der Waals surface area contributed by atoms with Gasteiger partial charge in [0.1, 0.15) is 0 Å². The number of hydrogen-bond acceptors (Lipinski definition) is 5. The third-order valence-electron chi connectivity index (χ3n) is 4.59. The number of carbonyl (C=O) groups is 2. The Morgan fingerprint density at radius 2 is 1.59 bits per heavy atom. The van der Waals surface area contributed by atoms with Crippen molar-refractivity contribution >= 4 is 11.9 Å². The molecule has 7 nitrogen and oxygen atoms in total. The van der Waals surface area contributed by atoms with Crippen molar-refractivity contribution in [2.24, 2.45) is 11.7 Å². The van der Waals surface area contributed by atoms with Crippen LogP contribution < -0.4 is 11.1 Å². The van der Waals surface area contributed by atoms with E-state index < -0.39 is 24.6 Å². The molecule has 0 unspecified atom stereocenters. The largest absolute Gasteiger partial charge is 0.522 e. The van der Waals surface area contributed by atoms with Gasteiger partial charge in [-0.15, -0.1) is 13.2 Å². The smallest absolute Gasteiger partial charge is 0.475 e. The third-order valence-corrected chi connectivity index (χ3v) is 4.59. The highest BCUT2D eigenvalue weighted by Gasteiger charge is 2.49. The molecule has 4 N–H and O–H groups in total. The molecule has 3 fully saturated rings. The Morgan fingerprint density at radius 3 is 1.96 bits per heavy atom. The quantitative estimate of drug-likeness (QED) is 0.608. The lowest BCUT2D eigenvalue weighted by Crippen LogP contribution is -2.52. The summed E-state index contributed by atoms with van der Waals surface area (Å²) >= 11 is 0. The molecule has 0 aromatic rings. The van der Waals surface area contributed by atoms with Crippen molar-refractivity contribution in [3.8, 4) is 0 Å². The van der Waals surface area contributed by atoms with Gasteiger partial charge in [0.15, 0.2) is 0 Å². The summed E-state index contributed by atoms with van der Waals surface area (Å²) in [7, 11) is 0. The lowest BCUT2D eigenvalue weighted by molar-refractivity contribution is -0.351. The molecule has 0 spiro atoms. The number of ether oxygens (including phenoxy) is 2. The molecule has 3 aliphatic rings. The van der Waals surface area contributed by atoms with Crippen molar-refractivity contribution in [1.82, 2.24) is 5.32 Å². The van der Waals surface area contributed by atoms with Crippen molar-refractivity contribution in [2.75, 3.05) is 0 Å². The van der Waals surface area contributed by atoms with Gasteiger partial charge in [-0.1, -0.05) is 0 Å². The summed E-state index contributed by atoms with van der Waals surface area (Å²) in [6.07, 6.45) is -9.05. The molecule has 2 heterocycles. The van der Waals surface area contributed by atoms with Crippen LogP contribution in [0.1, 0.15) is 25.7 Å². The summed E-state index contributed by atoms with van der Waals surface area (Å²) in [5.74, 6) is -3.12. The number of nitrogens with two attached hydrogens (primary N) is 1. The highest BCUT2D eigenvalue weighted by Crippen LogP contribution is 2.39. The number of amides is 1. The molecule has 1 aliphatic carbocycles. The summed E-state index contributed by atoms with van der Waals surface area (Å²) in [5, 5.41) is 9.89. The van der Waals surface area contributed by atoms with Crippen LogP contribution in [0.15, 0.2) is 0 Å². The molecule has 4 atom stereocenters. The average Bonchev–Trinajstić information content (AvgIpc) is 3.02. The third kappa shape index (κ3) is 5.94. The van der Waals surface area contributed by atoms with Crippen molar-refractivity contribution in [2.45, 2.75) is 68.6 Å². The van der Waals surface area contributed by atoms with Crippen LogP contribution in [0.2, 0.25) is 0 Å². The first-order valence-corrected chi connectivity index (χ1v) is 8.02. The first kappa shape index (κ1) is 21.7. The second kappa shape index (κ2) is 7.80. The van der Waals surface area contributed by atoms with E-state index in [2.05, 4.69) is 10.1 Å². The molecule has 1 amide bonds. The Bertz CT molecular complexity index is 561. The predicted molar refractivity (Wildman–Crippen MR) is 75.1 cm³/mol. The average molecular weight is 408 g/mol. The molecule has 27 heavy (non-hydrogen) atoms. The van der Waals surface area contributed by atoms with Crippen molar-refractivity contribution in [3.63, 3.8) is 0 Å². The Hall–Kier alpha value is -1.60. The monoisotopic (exact) mass is 408 g/mol. The fourth-order valence-electron chi connectivity index (χ4n) is 3.25. The maximum absolute atomic E-state index is 12.0. The van der Waals surface area contributed by atoms with Gasteiger partial charge in [0.05, 0.1) is 24.2 Å². The highest BCUT2D eigenvalue weighted by atomic mass is 19.4. The molecule has 0 radical (unpaired) electrons. The Balaban J connectivity index is 0.000000321. The molecule has 2 aliphatic heterocycles. The number of halogens is 6. The van der Waals surface area contributed by atoms with E-state index in [9.17, 15) is 31.1 Å². The number of carboxylic acid groups (broad SMARTS) is 1. The zero-order valence-corrected chi connectivity index (χ0v) is 13.7. The van der Waals surface area contributed by atoms with Gasteiger partial charge in [-0.25, -0.2) is 4.79 Å². The molecule has 2 saturated heterocycles. The lowest BCUT2D eigenvalue weighted by atomic mass is 9.84. The molecule has 156 valence electrons. The maximum atomic E-state index is 12.0. The van der Waals surface area contributed by atoms with Gasteiger partial charge in [-0.2, -0.15) is 13.2 Å². The fourth-order valence-corrected chi connectivity index (χ4v) is 3.25. The van der Waals surface area contributed by atoms with Crippen LogP contribution in [-0.2, 0) is 19.1 Å². The van der Waals surface area contributed by atoms with Gasteiger partial charge in [0, 0.05) is 12.1 Å². The van der Waals surface area contributed by atoms with Crippen LogP contribution in [0.5, 0.6) is 0 Å². The van der Waals surface area contributed by atoms with Crippen LogP contribution in [0.3, 0.4) is 0 Å². The van der Waals surface area contributed by atoms with E-state index in [1.165, 1.54) is 0 Å². The SMILES string of the molecule is N[C@@H]1C[C@@H]2O[C@H]1C[C@H]2C(=O)NC1CC(OC(F)(F)F)C1.O=C(O)C(F)(F)F. The van der Waals surface area contributed by atoms with E-state index in [-0.39, 0.29) is 49.0 Å². The summed E-state index contributed by atoms with van der Waals surface area (Å²) < 4.78 is 77.1. The number of carbonyl (C=O) groups excluding carboxylic acids is 1. The zero-order valence-electron chi connectivity index (χ0n) is 13.7. The van der Waals surface area contributed by atoms with Gasteiger partial charge in [-0.3, -0.25) is 9.53 Å². The van der Waals surface area contributed by atoms with Crippen molar-refractivity contribution < 1.29 is 50.5 Å². The van der Waals surface area contributed by atoms with E-state index in [0.29, 0.717) is 12.8 Å². The summed E-state index contributed by atoms with van der Waals surface area (Å²) in [6, 6.07) is -0.236. The zero-order chi connectivity index (χ0) is 20.6. The van der Waals surface area contributed by atoms with E-state index in [1.54, 1.807) is 0 Å². The van der Waals surface area contributed by atoms with Gasteiger partial charge in [-0.05, 0) is 25.7 Å². The van der Waals surface area contributed by atoms with Gasteiger partial charge in [0.2, 0.25) is 5.91 Å². The van der Waals surface area contributed by atoms with Crippen LogP contribution >= 0.6 is 0 Å². The second-order valence-electron chi connectivity index (χ2n) is 6.62. The molecule has 1 saturated carbocycles. The van der Waals surface area contributed by atoms with Gasteiger partial charge in [0.25, 0.3) is 0 Å². The van der Waals surface area contributed by atoms with E-state index in [1.807, 2.05) is 0 Å². The Labute approximate surface area is 149 Å². The summed E-state index contributed by atoms with van der Waals surface area (Å²) in [4.78, 5) is 20.9. The van der Waals surface area contributed by atoms with Crippen molar-refractivity contribution in [1.29, 1.82) is 0 Å². The topological polar surface area (TPSA) is 111 Å². The normalized spacial score (nSPS) is 35.1. The minimum atomic E-state index is -5.08. The molecule has 13 heteroatoms. The summed E-state index contributed by atoms with van der Waals surface area (Å²) in [5.41, 5.74) is 5.82. The van der Waals surface area contributed by atoms with Crippen LogP contribution in [0.4, 0.5) is 26.3 Å².